The number of Topliss-reactive ketones (excluding diaryl/α,β-unsaturated/α-hetero) is 1. The van der Waals surface area contributed by atoms with Crippen LogP contribution in [0.5, 0.6) is 0 Å². The van der Waals surface area contributed by atoms with E-state index in [-0.39, 0.29) is 5.46 Å². The normalized spacial score (nSPS) is 10.6. The van der Waals surface area contributed by atoms with E-state index >= 15 is 0 Å². The zero-order valence-electron chi connectivity index (χ0n) is 6.73. The Hall–Kier alpha value is -0.225. The van der Waals surface area contributed by atoms with Crippen molar-refractivity contribution in [1.82, 2.24) is 0 Å². The van der Waals surface area contributed by atoms with Crippen molar-refractivity contribution < 1.29 is 13.6 Å². The van der Waals surface area contributed by atoms with E-state index in [2.05, 4.69) is 31.9 Å². The highest BCUT2D eigenvalue weighted by Crippen LogP contribution is 2.18. The van der Waals surface area contributed by atoms with Crippen molar-refractivity contribution in [3.8, 4) is 0 Å². The molecule has 0 heterocycles. The van der Waals surface area contributed by atoms with Gasteiger partial charge in [-0.3, -0.25) is 4.79 Å². The summed E-state index contributed by atoms with van der Waals surface area (Å²) in [5.41, 5.74) is -0.526. The minimum Gasteiger partial charge on any atom is -0.292 e. The predicted molar refractivity (Wildman–Crippen MR) is 57.7 cm³/mol. The smallest absolute Gasteiger partial charge is 0.189 e. The molecule has 0 fully saturated rings. The van der Waals surface area contributed by atoms with E-state index in [1.165, 1.54) is 0 Å². The summed E-state index contributed by atoms with van der Waals surface area (Å²) in [4.78, 5) is 11.4. The molecule has 6 heteroatoms. The third-order valence-corrected chi connectivity index (χ3v) is 2.40. The van der Waals surface area contributed by atoms with E-state index < -0.39 is 26.7 Å². The molecule has 1 rings (SSSR count). The van der Waals surface area contributed by atoms with Crippen LogP contribution in [-0.4, -0.2) is 17.4 Å². The van der Waals surface area contributed by atoms with Crippen molar-refractivity contribution in [3.05, 3.63) is 29.3 Å². The van der Waals surface area contributed by atoms with Crippen LogP contribution in [-0.2, 0) is 0 Å². The van der Waals surface area contributed by atoms with Crippen LogP contribution in [0.3, 0.4) is 0 Å². The van der Waals surface area contributed by atoms with Crippen molar-refractivity contribution in [2.75, 3.05) is 0 Å². The molecule has 72 valence electrons. The van der Waals surface area contributed by atoms with E-state index in [9.17, 15) is 13.6 Å². The molecular weight excluding hydrogens is 321 g/mol. The first-order chi connectivity index (χ1) is 6.45. The summed E-state index contributed by atoms with van der Waals surface area (Å²) in [6.45, 7) is 0. The maximum Gasteiger partial charge on any atom is 0.189 e. The number of ketones is 1. The fraction of sp³-hybridized carbons (Fsp3) is 0.125. The first-order valence-corrected chi connectivity index (χ1v) is 5.34. The molecule has 2 radical (unpaired) electrons. The molecular formula is C8H3BBr2F2O. The average molecular weight is 324 g/mol. The van der Waals surface area contributed by atoms with Crippen molar-refractivity contribution in [1.29, 1.82) is 0 Å². The third kappa shape index (κ3) is 2.23. The van der Waals surface area contributed by atoms with Gasteiger partial charge in [0.05, 0.1) is 5.56 Å². The lowest BCUT2D eigenvalue weighted by Crippen LogP contribution is -2.22. The number of halogens is 4. The monoisotopic (exact) mass is 322 g/mol. The number of alkyl halides is 2. The van der Waals surface area contributed by atoms with Crippen molar-refractivity contribution >= 4 is 51.0 Å². The summed E-state index contributed by atoms with van der Waals surface area (Å²) in [5.74, 6) is -2.97. The Bertz CT molecular complexity index is 382. The Morgan fingerprint density at radius 3 is 2.43 bits per heavy atom. The molecule has 1 nitrogen and oxygen atoms in total. The second-order valence-electron chi connectivity index (χ2n) is 2.49. The Kier molecular flexibility index (Phi) is 3.83. The topological polar surface area (TPSA) is 17.1 Å². The second kappa shape index (κ2) is 4.53. The summed E-state index contributed by atoms with van der Waals surface area (Å²) in [6, 6.07) is 2.02. The molecule has 0 atom stereocenters. The van der Waals surface area contributed by atoms with E-state index in [1.54, 1.807) is 0 Å². The zero-order valence-corrected chi connectivity index (χ0v) is 9.90. The maximum absolute atomic E-state index is 13.2. The van der Waals surface area contributed by atoms with Crippen LogP contribution in [0.25, 0.3) is 0 Å². The number of carbonyl (C=O) groups excluding carboxylic acids is 1. The largest absolute Gasteiger partial charge is 0.292 e. The van der Waals surface area contributed by atoms with Crippen LogP contribution < -0.4 is 5.46 Å². The quantitative estimate of drug-likeness (QED) is 0.462. The average Bonchev–Trinajstić information content (AvgIpc) is 2.12. The van der Waals surface area contributed by atoms with Gasteiger partial charge in [0.1, 0.15) is 11.6 Å². The molecule has 0 N–H and O–H groups in total. The fourth-order valence-corrected chi connectivity index (χ4v) is 1.38. The van der Waals surface area contributed by atoms with Crippen LogP contribution in [0.4, 0.5) is 8.78 Å². The van der Waals surface area contributed by atoms with E-state index in [4.69, 9.17) is 7.85 Å². The summed E-state index contributed by atoms with van der Waals surface area (Å²) in [7, 11) is 5.36. The SMILES string of the molecule is [B]c1ccc(F)c(F)c1C(=O)C(Br)Br. The Morgan fingerprint density at radius 2 is 1.93 bits per heavy atom. The standard InChI is InChI=1S/C8H3BBr2F2O/c9-3-1-2-4(12)6(13)5(3)7(14)8(10)11/h1-2,8H. The highest BCUT2D eigenvalue weighted by molar-refractivity contribution is 9.25. The van der Waals surface area contributed by atoms with E-state index in [0.717, 1.165) is 12.1 Å². The lowest BCUT2D eigenvalue weighted by Gasteiger charge is -2.07. The number of rotatable bonds is 2. The van der Waals surface area contributed by atoms with Crippen LogP contribution in [0.15, 0.2) is 12.1 Å². The van der Waals surface area contributed by atoms with Gasteiger partial charge in [-0.15, -0.1) is 0 Å². The minimum absolute atomic E-state index is 0.0854. The lowest BCUT2D eigenvalue weighted by atomic mass is 9.88. The highest BCUT2D eigenvalue weighted by Gasteiger charge is 2.21. The maximum atomic E-state index is 13.2. The molecule has 0 bridgehead atoms. The third-order valence-electron chi connectivity index (χ3n) is 1.57. The van der Waals surface area contributed by atoms with Gasteiger partial charge in [-0.1, -0.05) is 43.4 Å². The van der Waals surface area contributed by atoms with Gasteiger partial charge in [0.2, 0.25) is 0 Å². The molecule has 0 saturated carbocycles. The van der Waals surface area contributed by atoms with Crippen LogP contribution in [0.1, 0.15) is 10.4 Å². The molecule has 1 aromatic rings. The summed E-state index contributed by atoms with van der Waals surface area (Å²) < 4.78 is 25.1. The zero-order chi connectivity index (χ0) is 10.9. The van der Waals surface area contributed by atoms with Gasteiger partial charge in [-0.05, 0) is 6.07 Å². The van der Waals surface area contributed by atoms with Crippen molar-refractivity contribution in [2.45, 2.75) is 3.74 Å². The van der Waals surface area contributed by atoms with Gasteiger partial charge >= 0.3 is 0 Å². The molecule has 0 aliphatic heterocycles. The Balaban J connectivity index is 3.33. The molecule has 0 saturated heterocycles. The minimum atomic E-state index is -1.22. The lowest BCUT2D eigenvalue weighted by molar-refractivity contribution is 0.101. The molecule has 0 amide bonds. The second-order valence-corrected chi connectivity index (χ2v) is 5.55. The number of carbonyl (C=O) groups is 1. The summed E-state index contributed by atoms with van der Waals surface area (Å²) >= 11 is 5.78. The van der Waals surface area contributed by atoms with Gasteiger partial charge < -0.3 is 0 Å². The number of hydrogen-bond acceptors (Lipinski definition) is 1. The molecule has 0 aromatic heterocycles. The first kappa shape index (κ1) is 11.8. The van der Waals surface area contributed by atoms with Gasteiger partial charge in [0.15, 0.2) is 17.4 Å². The van der Waals surface area contributed by atoms with Gasteiger partial charge in [-0.2, -0.15) is 0 Å². The van der Waals surface area contributed by atoms with Crippen LogP contribution in [0, 0.1) is 11.6 Å². The fourth-order valence-electron chi connectivity index (χ4n) is 0.925. The van der Waals surface area contributed by atoms with Crippen LogP contribution in [0.2, 0.25) is 0 Å². The molecule has 0 spiro atoms. The van der Waals surface area contributed by atoms with Crippen molar-refractivity contribution in [2.24, 2.45) is 0 Å². The molecule has 0 aliphatic carbocycles. The van der Waals surface area contributed by atoms with E-state index in [0.29, 0.717) is 0 Å². The van der Waals surface area contributed by atoms with Gasteiger partial charge in [0, 0.05) is 0 Å². The first-order valence-electron chi connectivity index (χ1n) is 3.51. The highest BCUT2D eigenvalue weighted by atomic mass is 79.9. The molecule has 1 aromatic carbocycles. The molecule has 0 unspecified atom stereocenters. The Labute approximate surface area is 97.5 Å². The number of benzene rings is 1. The summed E-state index contributed by atoms with van der Waals surface area (Å²) in [6.07, 6.45) is 0. The van der Waals surface area contributed by atoms with Gasteiger partial charge in [-0.25, -0.2) is 8.78 Å². The molecule has 0 aliphatic rings. The summed E-state index contributed by atoms with van der Waals surface area (Å²) in [5, 5.41) is 0. The van der Waals surface area contributed by atoms with Crippen LogP contribution >= 0.6 is 31.9 Å². The Morgan fingerprint density at radius 1 is 1.36 bits per heavy atom. The number of hydrogen-bond donors (Lipinski definition) is 0. The predicted octanol–water partition coefficient (Wildman–Crippen LogP) is 2.06. The van der Waals surface area contributed by atoms with Gasteiger partial charge in [0.25, 0.3) is 0 Å². The van der Waals surface area contributed by atoms with Crippen molar-refractivity contribution in [3.63, 3.8) is 0 Å². The van der Waals surface area contributed by atoms with E-state index in [1.807, 2.05) is 0 Å². The molecule has 14 heavy (non-hydrogen) atoms.